The second-order valence-corrected chi connectivity index (χ2v) is 10.1. The van der Waals surface area contributed by atoms with Gasteiger partial charge in [0.25, 0.3) is 0 Å². The third-order valence-corrected chi connectivity index (χ3v) is 7.63. The first-order valence-corrected chi connectivity index (χ1v) is 12.5. The highest BCUT2D eigenvalue weighted by Crippen LogP contribution is 2.24. The molecule has 0 aliphatic carbocycles. The number of carbonyl (C=O) groups excluding carboxylic acids is 2. The van der Waals surface area contributed by atoms with Gasteiger partial charge < -0.3 is 15.0 Å². The first kappa shape index (κ1) is 24.7. The molecule has 1 saturated heterocycles. The molecule has 9 heteroatoms. The Bertz CT molecular complexity index is 1080. The van der Waals surface area contributed by atoms with Crippen molar-refractivity contribution in [2.45, 2.75) is 31.2 Å². The van der Waals surface area contributed by atoms with Gasteiger partial charge in [0.15, 0.2) is 0 Å². The topological polar surface area (TPSA) is 96.0 Å². The van der Waals surface area contributed by atoms with E-state index in [9.17, 15) is 18.0 Å². The maximum absolute atomic E-state index is 13.0. The molecule has 1 fully saturated rings. The van der Waals surface area contributed by atoms with Crippen molar-refractivity contribution in [3.05, 3.63) is 59.7 Å². The SMILES string of the molecule is CCOC(=O)c1ccc(S(=O)(=O)N2CCC(C(=O)NCc3cccc(N(C)C)c3)CC2)cc1. The zero-order valence-corrected chi connectivity index (χ0v) is 20.1. The van der Waals surface area contributed by atoms with Crippen LogP contribution in [0.1, 0.15) is 35.7 Å². The summed E-state index contributed by atoms with van der Waals surface area (Å²) in [4.78, 5) is 26.5. The lowest BCUT2D eigenvalue weighted by atomic mass is 9.97. The summed E-state index contributed by atoms with van der Waals surface area (Å²) in [5.41, 5.74) is 2.39. The summed E-state index contributed by atoms with van der Waals surface area (Å²) in [5.74, 6) is -0.762. The van der Waals surface area contributed by atoms with Crippen molar-refractivity contribution in [3.63, 3.8) is 0 Å². The molecule has 0 radical (unpaired) electrons. The first-order valence-electron chi connectivity index (χ1n) is 11.0. The van der Waals surface area contributed by atoms with Crippen LogP contribution >= 0.6 is 0 Å². The van der Waals surface area contributed by atoms with E-state index in [1.54, 1.807) is 6.92 Å². The number of anilines is 1. The smallest absolute Gasteiger partial charge is 0.338 e. The minimum Gasteiger partial charge on any atom is -0.462 e. The summed E-state index contributed by atoms with van der Waals surface area (Å²) >= 11 is 0. The number of nitrogens with zero attached hydrogens (tertiary/aromatic N) is 2. The Morgan fingerprint density at radius 3 is 2.36 bits per heavy atom. The molecule has 1 aliphatic heterocycles. The second kappa shape index (κ2) is 10.8. The number of hydrogen-bond acceptors (Lipinski definition) is 6. The lowest BCUT2D eigenvalue weighted by Gasteiger charge is -2.30. The number of hydrogen-bond donors (Lipinski definition) is 1. The van der Waals surface area contributed by atoms with E-state index in [4.69, 9.17) is 4.74 Å². The number of ether oxygens (including phenoxy) is 1. The summed E-state index contributed by atoms with van der Waals surface area (Å²) in [6.45, 7) is 2.95. The highest BCUT2D eigenvalue weighted by atomic mass is 32.2. The molecule has 0 aromatic heterocycles. The molecule has 0 saturated carbocycles. The van der Waals surface area contributed by atoms with Gasteiger partial charge in [0, 0.05) is 45.3 Å². The summed E-state index contributed by atoms with van der Waals surface area (Å²) in [7, 11) is 0.244. The van der Waals surface area contributed by atoms with Crippen LogP contribution in [0.3, 0.4) is 0 Å². The monoisotopic (exact) mass is 473 g/mol. The molecule has 33 heavy (non-hydrogen) atoms. The highest BCUT2D eigenvalue weighted by Gasteiger charge is 2.32. The summed E-state index contributed by atoms with van der Waals surface area (Å²) in [6.07, 6.45) is 0.924. The van der Waals surface area contributed by atoms with Crippen molar-refractivity contribution in [1.82, 2.24) is 9.62 Å². The van der Waals surface area contributed by atoms with Crippen molar-refractivity contribution >= 4 is 27.6 Å². The lowest BCUT2D eigenvalue weighted by Crippen LogP contribution is -2.42. The largest absolute Gasteiger partial charge is 0.462 e. The van der Waals surface area contributed by atoms with Gasteiger partial charge in [0.05, 0.1) is 17.1 Å². The molecule has 0 atom stereocenters. The van der Waals surface area contributed by atoms with Gasteiger partial charge in [-0.05, 0) is 61.7 Å². The zero-order valence-electron chi connectivity index (χ0n) is 19.3. The minimum atomic E-state index is -3.69. The quantitative estimate of drug-likeness (QED) is 0.592. The maximum Gasteiger partial charge on any atom is 0.338 e. The van der Waals surface area contributed by atoms with Gasteiger partial charge in [-0.3, -0.25) is 4.79 Å². The van der Waals surface area contributed by atoms with E-state index >= 15 is 0 Å². The van der Waals surface area contributed by atoms with Gasteiger partial charge in [-0.2, -0.15) is 4.31 Å². The average molecular weight is 474 g/mol. The Labute approximate surface area is 195 Å². The van der Waals surface area contributed by atoms with Crippen LogP contribution in [0.25, 0.3) is 0 Å². The molecule has 0 spiro atoms. The van der Waals surface area contributed by atoms with Gasteiger partial charge in [0.2, 0.25) is 15.9 Å². The van der Waals surface area contributed by atoms with Crippen LogP contribution in [0, 0.1) is 5.92 Å². The van der Waals surface area contributed by atoms with Crippen LogP contribution in [0.4, 0.5) is 5.69 Å². The van der Waals surface area contributed by atoms with E-state index in [0.717, 1.165) is 11.3 Å². The number of nitrogens with one attached hydrogen (secondary N) is 1. The Balaban J connectivity index is 1.54. The molecule has 1 amide bonds. The number of esters is 1. The van der Waals surface area contributed by atoms with E-state index in [1.165, 1.54) is 28.6 Å². The van der Waals surface area contributed by atoms with E-state index in [2.05, 4.69) is 5.32 Å². The molecule has 2 aromatic carbocycles. The number of carbonyl (C=O) groups is 2. The predicted molar refractivity (Wildman–Crippen MR) is 126 cm³/mol. The fraction of sp³-hybridized carbons (Fsp3) is 0.417. The minimum absolute atomic E-state index is 0.0545. The van der Waals surface area contributed by atoms with E-state index in [-0.39, 0.29) is 36.4 Å². The predicted octanol–water partition coefficient (Wildman–Crippen LogP) is 2.65. The molecule has 0 bridgehead atoms. The van der Waals surface area contributed by atoms with Crippen molar-refractivity contribution < 1.29 is 22.7 Å². The molecule has 1 N–H and O–H groups in total. The Hall–Kier alpha value is -2.91. The summed E-state index contributed by atoms with van der Waals surface area (Å²) in [5, 5.41) is 2.98. The van der Waals surface area contributed by atoms with Crippen molar-refractivity contribution in [3.8, 4) is 0 Å². The number of benzene rings is 2. The number of amides is 1. The fourth-order valence-corrected chi connectivity index (χ4v) is 5.23. The van der Waals surface area contributed by atoms with E-state index in [1.807, 2.05) is 43.3 Å². The van der Waals surface area contributed by atoms with Crippen LogP contribution in [0.15, 0.2) is 53.4 Å². The van der Waals surface area contributed by atoms with Gasteiger partial charge in [0.1, 0.15) is 0 Å². The van der Waals surface area contributed by atoms with Crippen LogP contribution in [-0.2, 0) is 26.1 Å². The third kappa shape index (κ3) is 6.11. The van der Waals surface area contributed by atoms with Crippen LogP contribution in [0.2, 0.25) is 0 Å². The molecule has 1 heterocycles. The van der Waals surface area contributed by atoms with Gasteiger partial charge in [-0.1, -0.05) is 12.1 Å². The van der Waals surface area contributed by atoms with Gasteiger partial charge in [-0.15, -0.1) is 0 Å². The second-order valence-electron chi connectivity index (χ2n) is 8.21. The van der Waals surface area contributed by atoms with Crippen LogP contribution in [0.5, 0.6) is 0 Å². The molecule has 3 rings (SSSR count). The highest BCUT2D eigenvalue weighted by molar-refractivity contribution is 7.89. The van der Waals surface area contributed by atoms with Crippen molar-refractivity contribution in [2.24, 2.45) is 5.92 Å². The fourth-order valence-electron chi connectivity index (χ4n) is 3.76. The molecular formula is C24H31N3O5S. The van der Waals surface area contributed by atoms with Crippen molar-refractivity contribution in [2.75, 3.05) is 38.7 Å². The van der Waals surface area contributed by atoms with Crippen LogP contribution in [-0.4, -0.2) is 58.4 Å². The first-order chi connectivity index (χ1) is 15.7. The molecule has 8 nitrogen and oxygen atoms in total. The van der Waals surface area contributed by atoms with Crippen molar-refractivity contribution in [1.29, 1.82) is 0 Å². The standard InChI is InChI=1S/C24H31N3O5S/c1-4-32-24(29)20-8-10-22(11-9-20)33(30,31)27-14-12-19(13-15-27)23(28)25-17-18-6-5-7-21(16-18)26(2)3/h5-11,16,19H,4,12-15,17H2,1-3H3,(H,25,28). The number of rotatable bonds is 8. The molecule has 0 unspecified atom stereocenters. The molecule has 2 aromatic rings. The van der Waals surface area contributed by atoms with Gasteiger partial charge >= 0.3 is 5.97 Å². The maximum atomic E-state index is 13.0. The molecule has 178 valence electrons. The molecule has 1 aliphatic rings. The number of piperidine rings is 1. The molecular weight excluding hydrogens is 442 g/mol. The zero-order chi connectivity index (χ0) is 24.0. The number of sulfonamides is 1. The third-order valence-electron chi connectivity index (χ3n) is 5.72. The van der Waals surface area contributed by atoms with E-state index in [0.29, 0.717) is 24.9 Å². The van der Waals surface area contributed by atoms with Crippen LogP contribution < -0.4 is 10.2 Å². The van der Waals surface area contributed by atoms with E-state index < -0.39 is 16.0 Å². The average Bonchev–Trinajstić information content (AvgIpc) is 2.83. The lowest BCUT2D eigenvalue weighted by molar-refractivity contribution is -0.126. The Kier molecular flexibility index (Phi) is 8.10. The normalized spacial score (nSPS) is 15.1. The Morgan fingerprint density at radius 1 is 1.09 bits per heavy atom. The van der Waals surface area contributed by atoms with Gasteiger partial charge in [-0.25, -0.2) is 13.2 Å². The summed E-state index contributed by atoms with van der Waals surface area (Å²) in [6, 6.07) is 13.7. The summed E-state index contributed by atoms with van der Waals surface area (Å²) < 4.78 is 32.3. The Morgan fingerprint density at radius 2 is 1.76 bits per heavy atom.